The maximum absolute atomic E-state index is 11.4. The summed E-state index contributed by atoms with van der Waals surface area (Å²) in [6.07, 6.45) is 3.78. The normalized spacial score (nSPS) is 11.3. The molecule has 0 radical (unpaired) electrons. The topological polar surface area (TPSA) is 69.6 Å². The second-order valence-electron chi connectivity index (χ2n) is 4.73. The number of nitrogens with zero attached hydrogens (tertiary/aromatic N) is 1. The summed E-state index contributed by atoms with van der Waals surface area (Å²) in [5, 5.41) is 3.26. The molecular formula is C14H24N2O3S. The van der Waals surface area contributed by atoms with Gasteiger partial charge in [-0.3, -0.25) is 4.55 Å². The Kier molecular flexibility index (Phi) is 6.81. The van der Waals surface area contributed by atoms with Gasteiger partial charge < -0.3 is 5.32 Å². The quantitative estimate of drug-likeness (QED) is 0.542. The van der Waals surface area contributed by atoms with Crippen LogP contribution >= 0.6 is 0 Å². The van der Waals surface area contributed by atoms with Crippen LogP contribution in [0.1, 0.15) is 39.5 Å². The van der Waals surface area contributed by atoms with Crippen LogP contribution in [0.15, 0.2) is 24.3 Å². The zero-order valence-corrected chi connectivity index (χ0v) is 13.0. The van der Waals surface area contributed by atoms with Gasteiger partial charge in [0.25, 0.3) is 0 Å². The Labute approximate surface area is 121 Å². The molecule has 0 bridgehead atoms. The molecule has 0 fully saturated rings. The van der Waals surface area contributed by atoms with Crippen LogP contribution in [0.4, 0.5) is 11.4 Å². The van der Waals surface area contributed by atoms with E-state index in [1.54, 1.807) is 12.1 Å². The van der Waals surface area contributed by atoms with Crippen molar-refractivity contribution in [2.75, 3.05) is 22.7 Å². The number of nitrogens with one attached hydrogen (secondary N) is 1. The van der Waals surface area contributed by atoms with Crippen molar-refractivity contribution in [3.63, 3.8) is 0 Å². The van der Waals surface area contributed by atoms with E-state index in [4.69, 9.17) is 0 Å². The minimum Gasteiger partial charge on any atom is -0.385 e. The van der Waals surface area contributed by atoms with Gasteiger partial charge in [0, 0.05) is 18.8 Å². The summed E-state index contributed by atoms with van der Waals surface area (Å²) in [4.78, 5) is 0. The monoisotopic (exact) mass is 300 g/mol. The number of unbranched alkanes of at least 4 members (excludes halogenated alkanes) is 2. The second-order valence-corrected chi connectivity index (χ2v) is 6.07. The number of hydrogen-bond donors (Lipinski definition) is 2. The Balaban J connectivity index is 2.77. The predicted molar refractivity (Wildman–Crippen MR) is 83.6 cm³/mol. The highest BCUT2D eigenvalue weighted by atomic mass is 32.2. The maximum atomic E-state index is 11.4. The summed E-state index contributed by atoms with van der Waals surface area (Å²) in [7, 11) is -4.21. The van der Waals surface area contributed by atoms with Gasteiger partial charge in [0.1, 0.15) is 0 Å². The van der Waals surface area contributed by atoms with Crippen molar-refractivity contribution in [2.24, 2.45) is 0 Å². The molecule has 114 valence electrons. The van der Waals surface area contributed by atoms with E-state index in [9.17, 15) is 13.0 Å². The van der Waals surface area contributed by atoms with Gasteiger partial charge in [-0.05, 0) is 37.1 Å². The molecule has 0 aliphatic carbocycles. The average molecular weight is 300 g/mol. The SMILES string of the molecule is CCCCNc1ccc(N(CCCC)S(=O)(=O)O)cc1. The fourth-order valence-corrected chi connectivity index (χ4v) is 2.58. The van der Waals surface area contributed by atoms with Gasteiger partial charge in [0.15, 0.2) is 0 Å². The van der Waals surface area contributed by atoms with Gasteiger partial charge >= 0.3 is 10.3 Å². The van der Waals surface area contributed by atoms with Gasteiger partial charge in [-0.25, -0.2) is 4.31 Å². The van der Waals surface area contributed by atoms with E-state index in [1.807, 2.05) is 19.1 Å². The van der Waals surface area contributed by atoms with Crippen molar-refractivity contribution < 1.29 is 13.0 Å². The zero-order chi connectivity index (χ0) is 15.0. The molecule has 0 aliphatic heterocycles. The summed E-state index contributed by atoms with van der Waals surface area (Å²) >= 11 is 0. The van der Waals surface area contributed by atoms with Crippen LogP contribution in [0.2, 0.25) is 0 Å². The standard InChI is InChI=1S/C14H24N2O3S/c1-3-5-11-15-13-7-9-14(10-8-13)16(12-6-4-2)20(17,18)19/h7-10,15H,3-6,11-12H2,1-2H3,(H,17,18,19). The van der Waals surface area contributed by atoms with E-state index in [0.29, 0.717) is 12.1 Å². The molecule has 0 spiro atoms. The first-order valence-electron chi connectivity index (χ1n) is 7.08. The lowest BCUT2D eigenvalue weighted by Crippen LogP contribution is -2.31. The van der Waals surface area contributed by atoms with Crippen LogP contribution < -0.4 is 9.62 Å². The Morgan fingerprint density at radius 2 is 1.70 bits per heavy atom. The number of anilines is 2. The Morgan fingerprint density at radius 1 is 1.10 bits per heavy atom. The predicted octanol–water partition coefficient (Wildman–Crippen LogP) is 3.31. The molecule has 20 heavy (non-hydrogen) atoms. The first-order chi connectivity index (χ1) is 9.49. The smallest absolute Gasteiger partial charge is 0.359 e. The molecule has 0 heterocycles. The molecule has 0 unspecified atom stereocenters. The fourth-order valence-electron chi connectivity index (χ4n) is 1.83. The molecular weight excluding hydrogens is 276 g/mol. The molecule has 1 aromatic carbocycles. The molecule has 1 rings (SSSR count). The molecule has 0 saturated heterocycles. The maximum Gasteiger partial charge on any atom is 0.359 e. The molecule has 0 aliphatic rings. The van der Waals surface area contributed by atoms with Crippen LogP contribution in [0, 0.1) is 0 Å². The van der Waals surface area contributed by atoms with Crippen molar-refractivity contribution in [1.82, 2.24) is 0 Å². The first kappa shape index (κ1) is 16.8. The molecule has 0 saturated carbocycles. The minimum atomic E-state index is -4.21. The summed E-state index contributed by atoms with van der Waals surface area (Å²) in [5.74, 6) is 0. The molecule has 1 aromatic rings. The lowest BCUT2D eigenvalue weighted by atomic mass is 10.2. The fraction of sp³-hybridized carbons (Fsp3) is 0.571. The van der Waals surface area contributed by atoms with E-state index in [2.05, 4.69) is 12.2 Å². The number of benzene rings is 1. The van der Waals surface area contributed by atoms with Gasteiger partial charge in [0.2, 0.25) is 0 Å². The Morgan fingerprint density at radius 3 is 2.20 bits per heavy atom. The molecule has 6 heteroatoms. The van der Waals surface area contributed by atoms with E-state index in [0.717, 1.165) is 35.8 Å². The third kappa shape index (κ3) is 5.38. The minimum absolute atomic E-state index is 0.290. The molecule has 0 aromatic heterocycles. The van der Waals surface area contributed by atoms with E-state index in [1.165, 1.54) is 0 Å². The summed E-state index contributed by atoms with van der Waals surface area (Å²) in [6.45, 7) is 5.29. The summed E-state index contributed by atoms with van der Waals surface area (Å²) in [6, 6.07) is 7.07. The lowest BCUT2D eigenvalue weighted by Gasteiger charge is -2.21. The van der Waals surface area contributed by atoms with Gasteiger partial charge in [-0.1, -0.05) is 26.7 Å². The van der Waals surface area contributed by atoms with Crippen LogP contribution in [0.25, 0.3) is 0 Å². The van der Waals surface area contributed by atoms with Crippen molar-refractivity contribution in [3.05, 3.63) is 24.3 Å². The van der Waals surface area contributed by atoms with E-state index >= 15 is 0 Å². The molecule has 5 nitrogen and oxygen atoms in total. The van der Waals surface area contributed by atoms with Gasteiger partial charge in [0.05, 0.1) is 5.69 Å². The third-order valence-corrected chi connectivity index (χ3v) is 3.96. The average Bonchev–Trinajstić information content (AvgIpc) is 2.40. The van der Waals surface area contributed by atoms with Crippen molar-refractivity contribution in [3.8, 4) is 0 Å². The first-order valence-corrected chi connectivity index (χ1v) is 8.47. The lowest BCUT2D eigenvalue weighted by molar-refractivity contribution is 0.477. The Bertz CT molecular complexity index is 486. The highest BCUT2D eigenvalue weighted by Gasteiger charge is 2.18. The third-order valence-electron chi connectivity index (χ3n) is 3.01. The summed E-state index contributed by atoms with van der Waals surface area (Å²) in [5.41, 5.74) is 1.44. The molecule has 0 amide bonds. The highest BCUT2D eigenvalue weighted by molar-refractivity contribution is 7.87. The van der Waals surface area contributed by atoms with Crippen LogP contribution in [0.5, 0.6) is 0 Å². The largest absolute Gasteiger partial charge is 0.385 e. The molecule has 0 atom stereocenters. The van der Waals surface area contributed by atoms with Crippen molar-refractivity contribution in [2.45, 2.75) is 39.5 Å². The second kappa shape index (κ2) is 8.11. The van der Waals surface area contributed by atoms with Crippen LogP contribution in [-0.4, -0.2) is 26.1 Å². The zero-order valence-electron chi connectivity index (χ0n) is 12.2. The van der Waals surface area contributed by atoms with E-state index < -0.39 is 10.3 Å². The molecule has 2 N–H and O–H groups in total. The van der Waals surface area contributed by atoms with Gasteiger partial charge in [-0.2, -0.15) is 8.42 Å². The van der Waals surface area contributed by atoms with Crippen molar-refractivity contribution >= 4 is 21.7 Å². The highest BCUT2D eigenvalue weighted by Crippen LogP contribution is 2.21. The summed E-state index contributed by atoms with van der Waals surface area (Å²) < 4.78 is 33.1. The number of rotatable bonds is 9. The Hall–Kier alpha value is -1.27. The van der Waals surface area contributed by atoms with Crippen LogP contribution in [0.3, 0.4) is 0 Å². The van der Waals surface area contributed by atoms with Crippen molar-refractivity contribution in [1.29, 1.82) is 0 Å². The van der Waals surface area contributed by atoms with Crippen LogP contribution in [-0.2, 0) is 10.3 Å². The number of hydrogen-bond acceptors (Lipinski definition) is 3. The van der Waals surface area contributed by atoms with Gasteiger partial charge in [-0.15, -0.1) is 0 Å². The van der Waals surface area contributed by atoms with E-state index in [-0.39, 0.29) is 6.54 Å².